The zero-order valence-electron chi connectivity index (χ0n) is 16.8. The zero-order chi connectivity index (χ0) is 21.6. The van der Waals surface area contributed by atoms with Gasteiger partial charge in [-0.3, -0.25) is 4.79 Å². The molecule has 1 N–H and O–H groups in total. The third-order valence-corrected chi connectivity index (χ3v) is 5.35. The smallest absolute Gasteiger partial charge is 0.350 e. The van der Waals surface area contributed by atoms with E-state index in [1.165, 1.54) is 0 Å². The third-order valence-electron chi connectivity index (χ3n) is 4.40. The average Bonchev–Trinajstić information content (AvgIpc) is 3.42. The Labute approximate surface area is 183 Å². The molecule has 0 spiro atoms. The van der Waals surface area contributed by atoms with Crippen molar-refractivity contribution < 1.29 is 14.3 Å². The first-order valence-electron chi connectivity index (χ1n) is 9.76. The van der Waals surface area contributed by atoms with E-state index in [1.54, 1.807) is 17.8 Å². The summed E-state index contributed by atoms with van der Waals surface area (Å²) >= 11 is 1.10. The standard InChI is InChI=1S/C23H20N4O3S/c1-2-30-22(29)21-20(17-9-5-3-6-10-17)26-23(31-21)25-19(28)13-16-14-24-27(15-16)18-11-7-4-8-12-18/h3-12,14-15H,2,13H2,1H3,(H,25,26,28). The number of benzene rings is 2. The van der Waals surface area contributed by atoms with Crippen LogP contribution in [0.15, 0.2) is 73.1 Å². The van der Waals surface area contributed by atoms with Crippen molar-refractivity contribution in [3.05, 3.63) is 83.5 Å². The lowest BCUT2D eigenvalue weighted by molar-refractivity contribution is -0.115. The van der Waals surface area contributed by atoms with E-state index < -0.39 is 5.97 Å². The molecule has 2 aromatic heterocycles. The van der Waals surface area contributed by atoms with Gasteiger partial charge in [-0.1, -0.05) is 59.9 Å². The fourth-order valence-electron chi connectivity index (χ4n) is 3.02. The maximum atomic E-state index is 12.6. The molecule has 0 bridgehead atoms. The van der Waals surface area contributed by atoms with Crippen LogP contribution in [-0.2, 0) is 16.0 Å². The monoisotopic (exact) mass is 432 g/mol. The van der Waals surface area contributed by atoms with Gasteiger partial charge in [-0.25, -0.2) is 14.5 Å². The third kappa shape index (κ3) is 4.87. The van der Waals surface area contributed by atoms with E-state index in [0.29, 0.717) is 15.7 Å². The number of carbonyl (C=O) groups is 2. The highest BCUT2D eigenvalue weighted by molar-refractivity contribution is 7.18. The minimum Gasteiger partial charge on any atom is -0.462 e. The fourth-order valence-corrected chi connectivity index (χ4v) is 3.92. The molecule has 156 valence electrons. The van der Waals surface area contributed by atoms with Gasteiger partial charge in [0.05, 0.1) is 30.6 Å². The maximum absolute atomic E-state index is 12.6. The van der Waals surface area contributed by atoms with Crippen LogP contribution in [0.5, 0.6) is 0 Å². The highest BCUT2D eigenvalue weighted by atomic mass is 32.1. The van der Waals surface area contributed by atoms with Gasteiger partial charge in [0, 0.05) is 11.8 Å². The van der Waals surface area contributed by atoms with Crippen molar-refractivity contribution in [2.75, 3.05) is 11.9 Å². The molecule has 0 saturated carbocycles. The molecule has 0 atom stereocenters. The lowest BCUT2D eigenvalue weighted by Crippen LogP contribution is -2.13. The van der Waals surface area contributed by atoms with E-state index in [9.17, 15) is 9.59 Å². The van der Waals surface area contributed by atoms with Gasteiger partial charge in [-0.15, -0.1) is 0 Å². The second-order valence-corrected chi connectivity index (χ2v) is 7.64. The van der Waals surface area contributed by atoms with Gasteiger partial charge in [0.1, 0.15) is 4.88 Å². The molecule has 2 heterocycles. The number of para-hydroxylation sites is 1. The minimum atomic E-state index is -0.455. The molecule has 8 heteroatoms. The van der Waals surface area contributed by atoms with Crippen LogP contribution in [-0.4, -0.2) is 33.2 Å². The van der Waals surface area contributed by atoms with E-state index in [2.05, 4.69) is 15.4 Å². The van der Waals surface area contributed by atoms with E-state index >= 15 is 0 Å². The predicted molar refractivity (Wildman–Crippen MR) is 119 cm³/mol. The van der Waals surface area contributed by atoms with Crippen LogP contribution in [0, 0.1) is 0 Å². The highest BCUT2D eigenvalue weighted by Crippen LogP contribution is 2.31. The number of nitrogens with zero attached hydrogens (tertiary/aromatic N) is 3. The summed E-state index contributed by atoms with van der Waals surface area (Å²) in [5.74, 6) is -0.695. The number of nitrogens with one attached hydrogen (secondary N) is 1. The molecule has 4 rings (SSSR count). The molecule has 0 saturated heterocycles. The Morgan fingerprint density at radius 1 is 1.06 bits per heavy atom. The lowest BCUT2D eigenvalue weighted by Gasteiger charge is -2.01. The number of anilines is 1. The predicted octanol–water partition coefficient (Wildman–Crippen LogP) is 4.35. The first-order valence-corrected chi connectivity index (χ1v) is 10.6. The molecule has 0 aliphatic rings. The molecule has 0 fully saturated rings. The Balaban J connectivity index is 1.51. The molecule has 1 amide bonds. The van der Waals surface area contributed by atoms with Crippen molar-refractivity contribution in [3.63, 3.8) is 0 Å². The number of hydrogen-bond acceptors (Lipinski definition) is 6. The molecule has 31 heavy (non-hydrogen) atoms. The Morgan fingerprint density at radius 2 is 1.77 bits per heavy atom. The van der Waals surface area contributed by atoms with Gasteiger partial charge in [0.15, 0.2) is 5.13 Å². The molecule has 0 unspecified atom stereocenters. The zero-order valence-corrected chi connectivity index (χ0v) is 17.6. The van der Waals surface area contributed by atoms with Crippen molar-refractivity contribution in [1.82, 2.24) is 14.8 Å². The number of esters is 1. The van der Waals surface area contributed by atoms with E-state index in [4.69, 9.17) is 4.74 Å². The molecule has 0 aliphatic carbocycles. The molecule has 0 aliphatic heterocycles. The minimum absolute atomic E-state index is 0.141. The quantitative estimate of drug-likeness (QED) is 0.439. The summed E-state index contributed by atoms with van der Waals surface area (Å²) in [6.07, 6.45) is 3.62. The summed E-state index contributed by atoms with van der Waals surface area (Å²) in [6.45, 7) is 2.01. The fraction of sp³-hybridized carbons (Fsp3) is 0.130. The topological polar surface area (TPSA) is 86.1 Å². The van der Waals surface area contributed by atoms with Crippen LogP contribution in [0.4, 0.5) is 5.13 Å². The summed E-state index contributed by atoms with van der Waals surface area (Å²) in [7, 11) is 0. The van der Waals surface area contributed by atoms with Gasteiger partial charge in [-0.2, -0.15) is 5.10 Å². The van der Waals surface area contributed by atoms with E-state index in [0.717, 1.165) is 28.2 Å². The number of rotatable bonds is 7. The normalized spacial score (nSPS) is 10.6. The van der Waals surface area contributed by atoms with Gasteiger partial charge in [0.25, 0.3) is 0 Å². The summed E-state index contributed by atoms with van der Waals surface area (Å²) in [5.41, 5.74) is 2.97. The molecule has 7 nitrogen and oxygen atoms in total. The van der Waals surface area contributed by atoms with Crippen molar-refractivity contribution >= 4 is 28.3 Å². The first kappa shape index (κ1) is 20.5. The highest BCUT2D eigenvalue weighted by Gasteiger charge is 2.21. The Morgan fingerprint density at radius 3 is 2.48 bits per heavy atom. The number of thiazole rings is 1. The van der Waals surface area contributed by atoms with Crippen LogP contribution in [0.25, 0.3) is 16.9 Å². The number of ether oxygens (including phenoxy) is 1. The molecule has 2 aromatic carbocycles. The van der Waals surface area contributed by atoms with Crippen molar-refractivity contribution in [2.45, 2.75) is 13.3 Å². The first-order chi connectivity index (χ1) is 15.1. The summed E-state index contributed by atoms with van der Waals surface area (Å²) < 4.78 is 6.88. The maximum Gasteiger partial charge on any atom is 0.350 e. The summed E-state index contributed by atoms with van der Waals surface area (Å²) in [6, 6.07) is 19.0. The van der Waals surface area contributed by atoms with E-state index in [-0.39, 0.29) is 18.9 Å². The lowest BCUT2D eigenvalue weighted by atomic mass is 10.1. The van der Waals surface area contributed by atoms with Gasteiger partial charge >= 0.3 is 5.97 Å². The summed E-state index contributed by atoms with van der Waals surface area (Å²) in [5, 5.41) is 7.45. The Kier molecular flexibility index (Phi) is 6.18. The van der Waals surface area contributed by atoms with Crippen LogP contribution >= 0.6 is 11.3 Å². The number of hydrogen-bond donors (Lipinski definition) is 1. The number of aromatic nitrogens is 3. The largest absolute Gasteiger partial charge is 0.462 e. The second kappa shape index (κ2) is 9.36. The van der Waals surface area contributed by atoms with Crippen LogP contribution in [0.1, 0.15) is 22.2 Å². The Bertz CT molecular complexity index is 1190. The van der Waals surface area contributed by atoms with Crippen LogP contribution in [0.3, 0.4) is 0 Å². The van der Waals surface area contributed by atoms with Gasteiger partial charge in [-0.05, 0) is 24.6 Å². The van der Waals surface area contributed by atoms with Gasteiger partial charge < -0.3 is 10.1 Å². The molecule has 4 aromatic rings. The second-order valence-electron chi connectivity index (χ2n) is 6.64. The summed E-state index contributed by atoms with van der Waals surface area (Å²) in [4.78, 5) is 29.8. The van der Waals surface area contributed by atoms with Crippen molar-refractivity contribution in [3.8, 4) is 16.9 Å². The average molecular weight is 433 g/mol. The van der Waals surface area contributed by atoms with Crippen molar-refractivity contribution in [2.24, 2.45) is 0 Å². The van der Waals surface area contributed by atoms with Gasteiger partial charge in [0.2, 0.25) is 5.91 Å². The van der Waals surface area contributed by atoms with Crippen molar-refractivity contribution in [1.29, 1.82) is 0 Å². The van der Waals surface area contributed by atoms with Crippen LogP contribution < -0.4 is 5.32 Å². The van der Waals surface area contributed by atoms with Crippen LogP contribution in [0.2, 0.25) is 0 Å². The van der Waals surface area contributed by atoms with E-state index in [1.807, 2.05) is 66.9 Å². The molecular formula is C23H20N4O3S. The SMILES string of the molecule is CCOC(=O)c1sc(NC(=O)Cc2cnn(-c3ccccc3)c2)nc1-c1ccccc1. The Hall–Kier alpha value is -3.78. The number of carbonyl (C=O) groups excluding carboxylic acids is 2. The number of amides is 1. The molecular weight excluding hydrogens is 412 g/mol. The molecule has 0 radical (unpaired) electrons.